The third-order valence-electron chi connectivity index (χ3n) is 4.11. The lowest BCUT2D eigenvalue weighted by atomic mass is 9.90. The lowest BCUT2D eigenvalue weighted by Crippen LogP contribution is -2.53. The van der Waals surface area contributed by atoms with Gasteiger partial charge in [-0.1, -0.05) is 11.6 Å². The quantitative estimate of drug-likeness (QED) is 0.561. The minimum absolute atomic E-state index is 0.0490. The molecule has 1 aromatic carbocycles. The van der Waals surface area contributed by atoms with E-state index in [1.807, 2.05) is 0 Å². The van der Waals surface area contributed by atoms with Gasteiger partial charge in [-0.05, 0) is 37.1 Å². The highest BCUT2D eigenvalue weighted by atomic mass is 35.5. The van der Waals surface area contributed by atoms with Gasteiger partial charge in [0, 0.05) is 29.6 Å². The van der Waals surface area contributed by atoms with Crippen LogP contribution in [0.3, 0.4) is 0 Å². The second-order valence-corrected chi connectivity index (χ2v) is 7.94. The van der Waals surface area contributed by atoms with Crippen LogP contribution in [0.15, 0.2) is 24.3 Å². The van der Waals surface area contributed by atoms with Crippen LogP contribution in [0.1, 0.15) is 23.2 Å². The van der Waals surface area contributed by atoms with Crippen molar-refractivity contribution in [3.63, 3.8) is 0 Å². The summed E-state index contributed by atoms with van der Waals surface area (Å²) >= 11 is 5.80. The smallest absolute Gasteiger partial charge is 0.280 e. The number of carbonyl (C=O) groups excluding carboxylic acids is 2. The molecule has 0 bridgehead atoms. The van der Waals surface area contributed by atoms with E-state index in [-0.39, 0.29) is 24.8 Å². The van der Waals surface area contributed by atoms with Crippen LogP contribution in [-0.4, -0.2) is 55.3 Å². The van der Waals surface area contributed by atoms with Crippen LogP contribution < -0.4 is 10.5 Å². The lowest BCUT2D eigenvalue weighted by molar-refractivity contribution is -0.120. The number of nitrogens with one attached hydrogen (secondary N) is 1. The van der Waals surface area contributed by atoms with Crippen LogP contribution in [0.5, 0.6) is 0 Å². The summed E-state index contributed by atoms with van der Waals surface area (Å²) in [4.78, 5) is 23.5. The number of halogens is 1. The Kier molecular flexibility index (Phi) is 6.53. The predicted molar refractivity (Wildman–Crippen MR) is 92.2 cm³/mol. The molecule has 1 aromatic rings. The summed E-state index contributed by atoms with van der Waals surface area (Å²) in [6.07, 6.45) is 0.728. The molecule has 0 unspecified atom stereocenters. The molecule has 4 N–H and O–H groups in total. The monoisotopic (exact) mass is 389 g/mol. The molecule has 0 aliphatic carbocycles. The number of nitrogens with two attached hydrogens (primary N) is 1. The van der Waals surface area contributed by atoms with Gasteiger partial charge in [0.25, 0.3) is 10.2 Å². The summed E-state index contributed by atoms with van der Waals surface area (Å²) < 4.78 is 27.7. The van der Waals surface area contributed by atoms with E-state index in [9.17, 15) is 18.0 Å². The number of benzene rings is 1. The summed E-state index contributed by atoms with van der Waals surface area (Å²) in [5, 5.41) is 9.56. The molecule has 1 heterocycles. The normalized spacial score (nSPS) is 18.0. The molecule has 1 aliphatic rings. The van der Waals surface area contributed by atoms with E-state index in [1.165, 1.54) is 0 Å². The van der Waals surface area contributed by atoms with Crippen molar-refractivity contribution in [3.05, 3.63) is 34.9 Å². The molecule has 1 saturated heterocycles. The molecule has 138 valence electrons. The molecule has 8 nitrogen and oxygen atoms in total. The molecular weight excluding hydrogens is 370 g/mol. The molecular formula is C15H20ClN3O5S. The molecule has 1 amide bonds. The van der Waals surface area contributed by atoms with Crippen molar-refractivity contribution < 1.29 is 23.1 Å². The van der Waals surface area contributed by atoms with E-state index < -0.39 is 28.8 Å². The number of primary amides is 1. The maximum Gasteiger partial charge on any atom is 0.280 e. The molecule has 0 spiro atoms. The summed E-state index contributed by atoms with van der Waals surface area (Å²) in [7, 11) is -3.97. The Bertz CT molecular complexity index is 730. The van der Waals surface area contributed by atoms with Gasteiger partial charge in [-0.15, -0.1) is 0 Å². The number of piperidine rings is 1. The Balaban J connectivity index is 1.97. The molecule has 0 aromatic heterocycles. The lowest BCUT2D eigenvalue weighted by Gasteiger charge is -2.31. The Hall–Kier alpha value is -1.52. The van der Waals surface area contributed by atoms with Crippen molar-refractivity contribution in [2.45, 2.75) is 18.9 Å². The Morgan fingerprint density at radius 3 is 2.32 bits per heavy atom. The van der Waals surface area contributed by atoms with Gasteiger partial charge >= 0.3 is 0 Å². The van der Waals surface area contributed by atoms with E-state index in [0.29, 0.717) is 23.4 Å². The number of rotatable bonds is 7. The Morgan fingerprint density at radius 2 is 1.84 bits per heavy atom. The Labute approximate surface area is 151 Å². The van der Waals surface area contributed by atoms with E-state index in [0.717, 1.165) is 4.31 Å². The van der Waals surface area contributed by atoms with Gasteiger partial charge in [0.15, 0.2) is 5.78 Å². The fourth-order valence-electron chi connectivity index (χ4n) is 2.65. The summed E-state index contributed by atoms with van der Waals surface area (Å²) in [6, 6.07) is 5.19. The zero-order valence-electron chi connectivity index (χ0n) is 13.4. The number of Topliss-reactive ketones (excluding diaryl/α,β-unsaturated/α-hetero) is 1. The molecule has 10 heteroatoms. The molecule has 1 atom stereocenters. The topological polar surface area (TPSA) is 130 Å². The SMILES string of the molecule is NC(=O)[C@H](CO)NS(=O)(=O)N1CCC(C(=O)c2ccc(Cl)cc2)CC1. The molecule has 0 saturated carbocycles. The van der Waals surface area contributed by atoms with Crippen molar-refractivity contribution in [1.82, 2.24) is 9.03 Å². The van der Waals surface area contributed by atoms with Crippen LogP contribution in [-0.2, 0) is 15.0 Å². The van der Waals surface area contributed by atoms with Gasteiger partial charge < -0.3 is 10.8 Å². The maximum atomic E-state index is 12.5. The zero-order chi connectivity index (χ0) is 18.6. The third kappa shape index (κ3) is 4.99. The number of hydrogen-bond donors (Lipinski definition) is 3. The molecule has 0 radical (unpaired) electrons. The van der Waals surface area contributed by atoms with Gasteiger partial charge in [-0.2, -0.15) is 17.4 Å². The number of aliphatic hydroxyl groups excluding tert-OH is 1. The van der Waals surface area contributed by atoms with Crippen LogP contribution in [0, 0.1) is 5.92 Å². The fraction of sp³-hybridized carbons (Fsp3) is 0.467. The van der Waals surface area contributed by atoms with Crippen LogP contribution in [0.2, 0.25) is 5.02 Å². The molecule has 1 fully saturated rings. The average molecular weight is 390 g/mol. The van der Waals surface area contributed by atoms with Crippen molar-refractivity contribution in [3.8, 4) is 0 Å². The number of ketones is 1. The maximum absolute atomic E-state index is 12.5. The van der Waals surface area contributed by atoms with E-state index >= 15 is 0 Å². The zero-order valence-corrected chi connectivity index (χ0v) is 15.0. The first-order valence-corrected chi connectivity index (χ1v) is 9.53. The highest BCUT2D eigenvalue weighted by Crippen LogP contribution is 2.24. The first-order valence-electron chi connectivity index (χ1n) is 7.72. The first-order chi connectivity index (χ1) is 11.7. The Morgan fingerprint density at radius 1 is 1.28 bits per heavy atom. The van der Waals surface area contributed by atoms with E-state index in [2.05, 4.69) is 4.72 Å². The highest BCUT2D eigenvalue weighted by Gasteiger charge is 2.33. The van der Waals surface area contributed by atoms with E-state index in [4.69, 9.17) is 22.4 Å². The largest absolute Gasteiger partial charge is 0.394 e. The van der Waals surface area contributed by atoms with Gasteiger partial charge in [-0.25, -0.2) is 0 Å². The van der Waals surface area contributed by atoms with Crippen LogP contribution in [0.4, 0.5) is 0 Å². The third-order valence-corrected chi connectivity index (χ3v) is 5.99. The summed E-state index contributed by atoms with van der Waals surface area (Å²) in [5.74, 6) is -1.29. The van der Waals surface area contributed by atoms with Crippen LogP contribution >= 0.6 is 11.6 Å². The number of nitrogens with zero attached hydrogens (tertiary/aromatic N) is 1. The minimum atomic E-state index is -3.97. The van der Waals surface area contributed by atoms with Crippen molar-refractivity contribution in [2.24, 2.45) is 11.7 Å². The number of amides is 1. The second kappa shape index (κ2) is 8.24. The first kappa shape index (κ1) is 19.8. The molecule has 25 heavy (non-hydrogen) atoms. The summed E-state index contributed by atoms with van der Waals surface area (Å²) in [5.41, 5.74) is 5.56. The predicted octanol–water partition coefficient (Wildman–Crippen LogP) is -0.0847. The summed E-state index contributed by atoms with van der Waals surface area (Å²) in [6.45, 7) is -0.452. The second-order valence-electron chi connectivity index (χ2n) is 5.80. The van der Waals surface area contributed by atoms with Crippen molar-refractivity contribution >= 4 is 33.5 Å². The molecule has 1 aliphatic heterocycles. The van der Waals surface area contributed by atoms with Crippen molar-refractivity contribution in [1.29, 1.82) is 0 Å². The number of aliphatic hydroxyl groups is 1. The number of hydrogen-bond acceptors (Lipinski definition) is 5. The standard InChI is InChI=1S/C15H20ClN3O5S/c16-12-3-1-10(2-4-12)14(21)11-5-7-19(8-6-11)25(23,24)18-13(9-20)15(17)22/h1-4,11,13,18,20H,5-9H2,(H2,17,22)/t13-/m0/s1. The fourth-order valence-corrected chi connectivity index (χ4v) is 4.16. The average Bonchev–Trinajstić information content (AvgIpc) is 2.59. The molecule has 2 rings (SSSR count). The van der Waals surface area contributed by atoms with Crippen molar-refractivity contribution in [2.75, 3.05) is 19.7 Å². The van der Waals surface area contributed by atoms with Gasteiger partial charge in [0.2, 0.25) is 5.91 Å². The van der Waals surface area contributed by atoms with Gasteiger partial charge in [0.05, 0.1) is 6.61 Å². The highest BCUT2D eigenvalue weighted by molar-refractivity contribution is 7.87. The minimum Gasteiger partial charge on any atom is -0.394 e. The van der Waals surface area contributed by atoms with Crippen LogP contribution in [0.25, 0.3) is 0 Å². The van der Waals surface area contributed by atoms with Gasteiger partial charge in [0.1, 0.15) is 6.04 Å². The van der Waals surface area contributed by atoms with Gasteiger partial charge in [-0.3, -0.25) is 9.59 Å². The van der Waals surface area contributed by atoms with E-state index in [1.54, 1.807) is 24.3 Å². The number of carbonyl (C=O) groups is 2.